The minimum atomic E-state index is -0.285. The van der Waals surface area contributed by atoms with Gasteiger partial charge in [-0.25, -0.2) is 0 Å². The number of aromatic nitrogens is 1. The zero-order chi connectivity index (χ0) is 13.3. The number of piperidine rings is 1. The van der Waals surface area contributed by atoms with Crippen LogP contribution in [0, 0.1) is 13.8 Å². The van der Waals surface area contributed by atoms with Crippen LogP contribution in [0.3, 0.4) is 0 Å². The second-order valence-electron chi connectivity index (χ2n) is 4.79. The minimum absolute atomic E-state index is 0.184. The Morgan fingerprint density at radius 3 is 2.72 bits per heavy atom. The standard InChI is InChI=1S/C14H18N2O2/c1-4-10-7-8(2)13(15-9(10)3)11-5-6-12(17)16-14(11)18/h7,11H,4-6H2,1-3H3,(H,16,17,18). The van der Waals surface area contributed by atoms with Gasteiger partial charge in [-0.1, -0.05) is 13.0 Å². The molecule has 1 N–H and O–H groups in total. The van der Waals surface area contributed by atoms with Gasteiger partial charge in [0.15, 0.2) is 0 Å². The topological polar surface area (TPSA) is 59.1 Å². The molecule has 0 saturated carbocycles. The monoisotopic (exact) mass is 246 g/mol. The summed E-state index contributed by atoms with van der Waals surface area (Å²) in [5.41, 5.74) is 4.04. The van der Waals surface area contributed by atoms with Gasteiger partial charge in [0.05, 0.1) is 11.6 Å². The first kappa shape index (κ1) is 12.7. The van der Waals surface area contributed by atoms with Gasteiger partial charge in [-0.15, -0.1) is 0 Å². The van der Waals surface area contributed by atoms with Gasteiger partial charge < -0.3 is 0 Å². The van der Waals surface area contributed by atoms with E-state index in [9.17, 15) is 9.59 Å². The van der Waals surface area contributed by atoms with E-state index in [1.165, 1.54) is 5.56 Å². The summed E-state index contributed by atoms with van der Waals surface area (Å²) < 4.78 is 0. The fourth-order valence-electron chi connectivity index (χ4n) is 2.45. The maximum absolute atomic E-state index is 11.9. The number of aryl methyl sites for hydroxylation is 3. The molecule has 0 aliphatic carbocycles. The van der Waals surface area contributed by atoms with Crippen LogP contribution in [0.5, 0.6) is 0 Å². The molecule has 1 aliphatic rings. The quantitative estimate of drug-likeness (QED) is 0.809. The molecule has 2 heterocycles. The van der Waals surface area contributed by atoms with Crippen LogP contribution in [0.4, 0.5) is 0 Å². The normalized spacial score (nSPS) is 19.8. The lowest BCUT2D eigenvalue weighted by atomic mass is 9.90. The highest BCUT2D eigenvalue weighted by Gasteiger charge is 2.30. The van der Waals surface area contributed by atoms with Gasteiger partial charge in [0.1, 0.15) is 0 Å². The molecule has 0 radical (unpaired) electrons. The zero-order valence-electron chi connectivity index (χ0n) is 11.0. The Hall–Kier alpha value is -1.71. The van der Waals surface area contributed by atoms with E-state index in [4.69, 9.17) is 0 Å². The smallest absolute Gasteiger partial charge is 0.235 e. The fourth-order valence-corrected chi connectivity index (χ4v) is 2.45. The number of nitrogens with zero attached hydrogens (tertiary/aromatic N) is 1. The van der Waals surface area contributed by atoms with E-state index in [0.717, 1.165) is 23.4 Å². The molecule has 1 aliphatic heterocycles. The van der Waals surface area contributed by atoms with Crippen LogP contribution >= 0.6 is 0 Å². The van der Waals surface area contributed by atoms with Crippen LogP contribution in [-0.2, 0) is 16.0 Å². The van der Waals surface area contributed by atoms with Crippen molar-refractivity contribution in [1.29, 1.82) is 0 Å². The van der Waals surface area contributed by atoms with Crippen molar-refractivity contribution >= 4 is 11.8 Å². The van der Waals surface area contributed by atoms with Gasteiger partial charge in [0, 0.05) is 12.1 Å². The molecule has 1 unspecified atom stereocenters. The second kappa shape index (κ2) is 4.88. The Kier molecular flexibility index (Phi) is 3.45. The maximum atomic E-state index is 11.9. The predicted molar refractivity (Wildman–Crippen MR) is 68.2 cm³/mol. The summed E-state index contributed by atoms with van der Waals surface area (Å²) in [5, 5.41) is 2.39. The van der Waals surface area contributed by atoms with Crippen LogP contribution in [0.1, 0.15) is 48.2 Å². The summed E-state index contributed by atoms with van der Waals surface area (Å²) in [6.45, 7) is 6.04. The highest BCUT2D eigenvalue weighted by molar-refractivity contribution is 6.00. The van der Waals surface area contributed by atoms with Crippen molar-refractivity contribution in [3.05, 3.63) is 28.6 Å². The Balaban J connectivity index is 2.36. The highest BCUT2D eigenvalue weighted by atomic mass is 16.2. The van der Waals surface area contributed by atoms with Crippen molar-refractivity contribution < 1.29 is 9.59 Å². The Bertz CT molecular complexity index is 509. The first-order valence-corrected chi connectivity index (χ1v) is 6.33. The molecule has 96 valence electrons. The molecule has 0 spiro atoms. The van der Waals surface area contributed by atoms with Crippen LogP contribution < -0.4 is 5.32 Å². The lowest BCUT2D eigenvalue weighted by Gasteiger charge is -2.22. The molecule has 1 atom stereocenters. The Morgan fingerprint density at radius 1 is 1.39 bits per heavy atom. The van der Waals surface area contributed by atoms with E-state index in [1.54, 1.807) is 0 Å². The maximum Gasteiger partial charge on any atom is 0.235 e. The number of rotatable bonds is 2. The van der Waals surface area contributed by atoms with Crippen LogP contribution in [-0.4, -0.2) is 16.8 Å². The molecule has 2 rings (SSSR count). The number of amides is 2. The van der Waals surface area contributed by atoms with Crippen molar-refractivity contribution in [3.63, 3.8) is 0 Å². The molecular formula is C14H18N2O2. The summed E-state index contributed by atoms with van der Waals surface area (Å²) in [4.78, 5) is 27.6. The lowest BCUT2D eigenvalue weighted by Crippen LogP contribution is -2.40. The fraction of sp³-hybridized carbons (Fsp3) is 0.500. The summed E-state index contributed by atoms with van der Waals surface area (Å²) in [6, 6.07) is 2.10. The van der Waals surface area contributed by atoms with Crippen molar-refractivity contribution in [2.24, 2.45) is 0 Å². The average Bonchev–Trinajstić information content (AvgIpc) is 2.32. The van der Waals surface area contributed by atoms with Crippen LogP contribution in [0.2, 0.25) is 0 Å². The zero-order valence-corrected chi connectivity index (χ0v) is 11.0. The summed E-state index contributed by atoms with van der Waals surface area (Å²) in [6.07, 6.45) is 1.89. The number of nitrogens with one attached hydrogen (secondary N) is 1. The van der Waals surface area contributed by atoms with E-state index in [2.05, 4.69) is 23.3 Å². The number of pyridine rings is 1. The van der Waals surface area contributed by atoms with E-state index in [0.29, 0.717) is 12.8 Å². The molecule has 4 nitrogen and oxygen atoms in total. The molecular weight excluding hydrogens is 228 g/mol. The lowest BCUT2D eigenvalue weighted by molar-refractivity contribution is -0.134. The van der Waals surface area contributed by atoms with Crippen molar-refractivity contribution in [1.82, 2.24) is 10.3 Å². The second-order valence-corrected chi connectivity index (χ2v) is 4.79. The first-order valence-electron chi connectivity index (χ1n) is 6.33. The minimum Gasteiger partial charge on any atom is -0.296 e. The Morgan fingerprint density at radius 2 is 2.11 bits per heavy atom. The molecule has 1 saturated heterocycles. The SMILES string of the molecule is CCc1cc(C)c(C2CCC(=O)NC2=O)nc1C. The summed E-state index contributed by atoms with van der Waals surface area (Å²) in [5.74, 6) is -0.686. The number of hydrogen-bond donors (Lipinski definition) is 1. The molecule has 4 heteroatoms. The van der Waals surface area contributed by atoms with E-state index >= 15 is 0 Å². The van der Waals surface area contributed by atoms with Gasteiger partial charge in [0.2, 0.25) is 11.8 Å². The number of hydrogen-bond acceptors (Lipinski definition) is 3. The van der Waals surface area contributed by atoms with Gasteiger partial charge >= 0.3 is 0 Å². The largest absolute Gasteiger partial charge is 0.296 e. The van der Waals surface area contributed by atoms with Gasteiger partial charge in [0.25, 0.3) is 0 Å². The third kappa shape index (κ3) is 2.28. The van der Waals surface area contributed by atoms with Gasteiger partial charge in [-0.3, -0.25) is 19.9 Å². The van der Waals surface area contributed by atoms with Gasteiger partial charge in [-0.2, -0.15) is 0 Å². The summed E-state index contributed by atoms with van der Waals surface area (Å²) >= 11 is 0. The molecule has 0 bridgehead atoms. The van der Waals surface area contributed by atoms with E-state index in [1.807, 2.05) is 13.8 Å². The molecule has 2 amide bonds. The molecule has 1 aromatic heterocycles. The number of imide groups is 1. The summed E-state index contributed by atoms with van der Waals surface area (Å²) in [7, 11) is 0. The van der Waals surface area contributed by atoms with Crippen molar-refractivity contribution in [3.8, 4) is 0 Å². The molecule has 1 fully saturated rings. The van der Waals surface area contributed by atoms with Crippen LogP contribution in [0.25, 0.3) is 0 Å². The molecule has 0 aromatic carbocycles. The molecule has 18 heavy (non-hydrogen) atoms. The molecule has 1 aromatic rings. The predicted octanol–water partition coefficient (Wildman–Crippen LogP) is 1.78. The third-order valence-electron chi connectivity index (χ3n) is 3.50. The van der Waals surface area contributed by atoms with E-state index < -0.39 is 0 Å². The number of carbonyl (C=O) groups excluding carboxylic acids is 2. The van der Waals surface area contributed by atoms with Crippen molar-refractivity contribution in [2.75, 3.05) is 0 Å². The third-order valence-corrected chi connectivity index (χ3v) is 3.50. The highest BCUT2D eigenvalue weighted by Crippen LogP contribution is 2.27. The van der Waals surface area contributed by atoms with Crippen LogP contribution in [0.15, 0.2) is 6.07 Å². The Labute approximate surface area is 107 Å². The van der Waals surface area contributed by atoms with Gasteiger partial charge in [-0.05, 0) is 37.8 Å². The van der Waals surface area contributed by atoms with Crippen molar-refractivity contribution in [2.45, 2.75) is 46.0 Å². The van der Waals surface area contributed by atoms with E-state index in [-0.39, 0.29) is 17.7 Å². The number of carbonyl (C=O) groups is 2. The average molecular weight is 246 g/mol. The first-order chi connectivity index (χ1) is 8.52.